The maximum atomic E-state index is 4.36. The second-order valence-electron chi connectivity index (χ2n) is 3.89. The van der Waals surface area contributed by atoms with Gasteiger partial charge in [0.2, 0.25) is 0 Å². The van der Waals surface area contributed by atoms with Crippen molar-refractivity contribution in [1.82, 2.24) is 15.0 Å². The monoisotopic (exact) mass is 228 g/mol. The van der Waals surface area contributed by atoms with Crippen LogP contribution in [-0.2, 0) is 0 Å². The Balaban J connectivity index is 2.50. The Morgan fingerprint density at radius 3 is 2.65 bits per heavy atom. The first-order chi connectivity index (χ1) is 8.26. The minimum atomic E-state index is 0.738. The molecule has 0 aliphatic carbocycles. The molecule has 88 valence electrons. The van der Waals surface area contributed by atoms with E-state index in [0.717, 1.165) is 35.6 Å². The first kappa shape index (κ1) is 11.4. The molecule has 0 aliphatic rings. The summed E-state index contributed by atoms with van der Waals surface area (Å²) in [7, 11) is 0. The van der Waals surface area contributed by atoms with E-state index in [9.17, 15) is 0 Å². The summed E-state index contributed by atoms with van der Waals surface area (Å²) >= 11 is 0. The lowest BCUT2D eigenvalue weighted by Crippen LogP contribution is -2.24. The molecule has 0 aliphatic heterocycles. The molecule has 0 amide bonds. The summed E-state index contributed by atoms with van der Waals surface area (Å²) in [5.74, 6) is 0.916. The highest BCUT2D eigenvalue weighted by Gasteiger charge is 2.11. The number of hydrogen-bond donors (Lipinski definition) is 1. The molecule has 0 unspecified atom stereocenters. The molecular weight excluding hydrogens is 212 g/mol. The maximum absolute atomic E-state index is 4.36. The molecule has 2 aromatic heterocycles. The van der Waals surface area contributed by atoms with Gasteiger partial charge in [-0.25, -0.2) is 9.97 Å². The minimum absolute atomic E-state index is 0.738. The number of aromatic amines is 1. The molecule has 0 atom stereocenters. The van der Waals surface area contributed by atoms with E-state index in [4.69, 9.17) is 0 Å². The van der Waals surface area contributed by atoms with Crippen LogP contribution in [0.3, 0.4) is 0 Å². The normalized spacial score (nSPS) is 10.4. The molecule has 0 fully saturated rings. The van der Waals surface area contributed by atoms with E-state index in [2.05, 4.69) is 39.1 Å². The summed E-state index contributed by atoms with van der Waals surface area (Å²) in [6.45, 7) is 11.0. The van der Waals surface area contributed by atoms with Crippen LogP contribution in [0.1, 0.15) is 5.69 Å². The molecule has 2 heterocycles. The van der Waals surface area contributed by atoms with Crippen molar-refractivity contribution in [2.24, 2.45) is 0 Å². The molecule has 0 saturated carbocycles. The summed E-state index contributed by atoms with van der Waals surface area (Å²) in [5.41, 5.74) is 1.95. The van der Waals surface area contributed by atoms with Crippen LogP contribution in [0.25, 0.3) is 11.0 Å². The second kappa shape index (κ2) is 4.82. The first-order valence-electron chi connectivity index (χ1n) is 5.53. The average Bonchev–Trinajstić information content (AvgIpc) is 2.68. The molecule has 4 nitrogen and oxygen atoms in total. The summed E-state index contributed by atoms with van der Waals surface area (Å²) in [6, 6.07) is 2.06. The van der Waals surface area contributed by atoms with Crippen LogP contribution in [0.15, 0.2) is 37.7 Å². The van der Waals surface area contributed by atoms with Gasteiger partial charge in [0.1, 0.15) is 17.8 Å². The van der Waals surface area contributed by atoms with E-state index in [-0.39, 0.29) is 0 Å². The molecule has 2 rings (SSSR count). The summed E-state index contributed by atoms with van der Waals surface area (Å²) in [4.78, 5) is 13.9. The number of aryl methyl sites for hydroxylation is 1. The van der Waals surface area contributed by atoms with Gasteiger partial charge in [-0.05, 0) is 13.0 Å². The number of H-pyrrole nitrogens is 1. The number of fused-ring (bicyclic) bond motifs is 1. The Morgan fingerprint density at radius 1 is 1.29 bits per heavy atom. The number of rotatable bonds is 5. The Hall–Kier alpha value is -2.10. The lowest BCUT2D eigenvalue weighted by Gasteiger charge is -2.20. The zero-order valence-corrected chi connectivity index (χ0v) is 9.98. The number of nitrogens with zero attached hydrogens (tertiary/aromatic N) is 3. The van der Waals surface area contributed by atoms with E-state index in [0.29, 0.717) is 0 Å². The third kappa shape index (κ3) is 2.20. The average molecular weight is 228 g/mol. The topological polar surface area (TPSA) is 44.8 Å². The highest BCUT2D eigenvalue weighted by molar-refractivity contribution is 5.88. The zero-order valence-electron chi connectivity index (χ0n) is 9.98. The van der Waals surface area contributed by atoms with E-state index >= 15 is 0 Å². The molecule has 0 radical (unpaired) electrons. The second-order valence-corrected chi connectivity index (χ2v) is 3.89. The van der Waals surface area contributed by atoms with Crippen LogP contribution >= 0.6 is 0 Å². The van der Waals surface area contributed by atoms with Crippen molar-refractivity contribution in [2.75, 3.05) is 18.0 Å². The van der Waals surface area contributed by atoms with Crippen LogP contribution in [0.2, 0.25) is 0 Å². The van der Waals surface area contributed by atoms with Gasteiger partial charge >= 0.3 is 0 Å². The smallest absolute Gasteiger partial charge is 0.143 e. The predicted molar refractivity (Wildman–Crippen MR) is 71.2 cm³/mol. The van der Waals surface area contributed by atoms with Gasteiger partial charge in [-0.1, -0.05) is 12.2 Å². The van der Waals surface area contributed by atoms with E-state index in [1.165, 1.54) is 0 Å². The Morgan fingerprint density at radius 2 is 2.00 bits per heavy atom. The lowest BCUT2D eigenvalue weighted by atomic mass is 10.3. The van der Waals surface area contributed by atoms with Crippen molar-refractivity contribution < 1.29 is 0 Å². The van der Waals surface area contributed by atoms with Crippen LogP contribution in [0.4, 0.5) is 5.82 Å². The standard InChI is InChI=1S/C13H16N4/c1-4-6-17(7-5-2)13-11-8-10(3)16-12(11)14-9-15-13/h4-5,8-9H,1-2,6-7H2,3H3,(H,14,15,16). The molecular formula is C13H16N4. The van der Waals surface area contributed by atoms with Crippen LogP contribution < -0.4 is 4.90 Å². The number of nitrogens with one attached hydrogen (secondary N) is 1. The SMILES string of the molecule is C=CCN(CC=C)c1ncnc2[nH]c(C)cc12. The quantitative estimate of drug-likeness (QED) is 0.799. The van der Waals surface area contributed by atoms with Crippen LogP contribution in [-0.4, -0.2) is 28.0 Å². The number of hydrogen-bond acceptors (Lipinski definition) is 3. The van der Waals surface area contributed by atoms with E-state index in [1.54, 1.807) is 6.33 Å². The van der Waals surface area contributed by atoms with Gasteiger partial charge in [-0.15, -0.1) is 13.2 Å². The summed E-state index contributed by atoms with van der Waals surface area (Å²) in [5, 5.41) is 1.04. The molecule has 17 heavy (non-hydrogen) atoms. The van der Waals surface area contributed by atoms with E-state index in [1.807, 2.05) is 19.1 Å². The molecule has 1 N–H and O–H groups in total. The third-order valence-electron chi connectivity index (χ3n) is 2.54. The lowest BCUT2D eigenvalue weighted by molar-refractivity contribution is 0.928. The summed E-state index contributed by atoms with van der Waals surface area (Å²) < 4.78 is 0. The van der Waals surface area contributed by atoms with Crippen molar-refractivity contribution in [1.29, 1.82) is 0 Å². The largest absolute Gasteiger partial charge is 0.349 e. The van der Waals surface area contributed by atoms with Gasteiger partial charge in [0, 0.05) is 18.8 Å². The fourth-order valence-corrected chi connectivity index (χ4v) is 1.87. The number of anilines is 1. The van der Waals surface area contributed by atoms with Gasteiger partial charge in [0.05, 0.1) is 5.39 Å². The molecule has 0 aromatic carbocycles. The third-order valence-corrected chi connectivity index (χ3v) is 2.54. The van der Waals surface area contributed by atoms with Gasteiger partial charge in [-0.3, -0.25) is 0 Å². The molecule has 0 spiro atoms. The zero-order chi connectivity index (χ0) is 12.3. The van der Waals surface area contributed by atoms with E-state index < -0.39 is 0 Å². The van der Waals surface area contributed by atoms with Crippen molar-refractivity contribution in [3.63, 3.8) is 0 Å². The summed E-state index contributed by atoms with van der Waals surface area (Å²) in [6.07, 6.45) is 5.29. The highest BCUT2D eigenvalue weighted by Crippen LogP contribution is 2.23. The maximum Gasteiger partial charge on any atom is 0.143 e. The van der Waals surface area contributed by atoms with Crippen molar-refractivity contribution in [3.05, 3.63) is 43.4 Å². The van der Waals surface area contributed by atoms with Gasteiger partial charge < -0.3 is 9.88 Å². The molecule has 2 aromatic rings. The van der Waals surface area contributed by atoms with Crippen LogP contribution in [0, 0.1) is 6.92 Å². The van der Waals surface area contributed by atoms with Crippen molar-refractivity contribution in [3.8, 4) is 0 Å². The first-order valence-corrected chi connectivity index (χ1v) is 5.53. The highest BCUT2D eigenvalue weighted by atomic mass is 15.2. The van der Waals surface area contributed by atoms with Gasteiger partial charge in [0.15, 0.2) is 0 Å². The van der Waals surface area contributed by atoms with Crippen LogP contribution in [0.5, 0.6) is 0 Å². The van der Waals surface area contributed by atoms with Gasteiger partial charge in [0.25, 0.3) is 0 Å². The Kier molecular flexibility index (Phi) is 3.23. The number of aromatic nitrogens is 3. The molecule has 4 heteroatoms. The fraction of sp³-hybridized carbons (Fsp3) is 0.231. The fourth-order valence-electron chi connectivity index (χ4n) is 1.87. The predicted octanol–water partition coefficient (Wildman–Crippen LogP) is 2.44. The molecule has 0 bridgehead atoms. The Labute approximate surface area is 101 Å². The Bertz CT molecular complexity index is 531. The van der Waals surface area contributed by atoms with Crippen molar-refractivity contribution >= 4 is 16.9 Å². The van der Waals surface area contributed by atoms with Crippen molar-refractivity contribution in [2.45, 2.75) is 6.92 Å². The minimum Gasteiger partial charge on any atom is -0.349 e. The van der Waals surface area contributed by atoms with Gasteiger partial charge in [-0.2, -0.15) is 0 Å². The molecule has 0 saturated heterocycles.